The van der Waals surface area contributed by atoms with Gasteiger partial charge >= 0.3 is 6.09 Å². The maximum Gasteiger partial charge on any atom is 0.408 e. The number of Topliss-reactive ketones (excluding diaryl/α,β-unsaturated/α-hetero) is 1. The van der Waals surface area contributed by atoms with Crippen LogP contribution in [0.25, 0.3) is 10.2 Å². The van der Waals surface area contributed by atoms with Gasteiger partial charge in [0.15, 0.2) is 5.01 Å². The predicted octanol–water partition coefficient (Wildman–Crippen LogP) is 4.30. The van der Waals surface area contributed by atoms with E-state index in [0.717, 1.165) is 15.8 Å². The summed E-state index contributed by atoms with van der Waals surface area (Å²) in [6.45, 7) is 3.84. The Morgan fingerprint density at radius 3 is 2.00 bits per heavy atom. The number of hydrogen-bond donors (Lipinski definition) is 4. The molecule has 0 aliphatic heterocycles. The average Bonchev–Trinajstić information content (AvgIpc) is 3.50. The second-order valence-corrected chi connectivity index (χ2v) is 12.6. The molecule has 4 aromatic rings. The van der Waals surface area contributed by atoms with E-state index in [1.807, 2.05) is 92.7 Å². The van der Waals surface area contributed by atoms with Gasteiger partial charge in [0, 0.05) is 12.8 Å². The molecule has 0 unspecified atom stereocenters. The van der Waals surface area contributed by atoms with Crippen molar-refractivity contribution in [2.75, 3.05) is 0 Å². The molecule has 4 rings (SSSR count). The van der Waals surface area contributed by atoms with Crippen LogP contribution in [0.15, 0.2) is 84.9 Å². The van der Waals surface area contributed by atoms with E-state index in [2.05, 4.69) is 20.9 Å². The maximum atomic E-state index is 13.8. The molecule has 1 aromatic heterocycles. The van der Waals surface area contributed by atoms with Crippen molar-refractivity contribution in [3.8, 4) is 0 Å². The van der Waals surface area contributed by atoms with Gasteiger partial charge in [0.25, 0.3) is 0 Å². The minimum atomic E-state index is -1.12. The Kier molecular flexibility index (Phi) is 12.6. The fourth-order valence-electron chi connectivity index (χ4n) is 4.90. The summed E-state index contributed by atoms with van der Waals surface area (Å²) in [7, 11) is 0. The van der Waals surface area contributed by atoms with E-state index >= 15 is 0 Å². The number of carbonyl (C=O) groups is 5. The number of nitrogens with zero attached hydrogens (tertiary/aromatic N) is 1. The van der Waals surface area contributed by atoms with Crippen molar-refractivity contribution in [3.05, 3.63) is 101 Å². The molecule has 0 radical (unpaired) electrons. The Bertz CT molecular complexity index is 1640. The summed E-state index contributed by atoms with van der Waals surface area (Å²) < 4.78 is 6.14. The van der Waals surface area contributed by atoms with E-state index in [1.165, 1.54) is 11.3 Å². The molecule has 0 fully saturated rings. The fraction of sp³-hybridized carbons (Fsp3) is 0.314. The van der Waals surface area contributed by atoms with Crippen molar-refractivity contribution in [1.29, 1.82) is 0 Å². The quantitative estimate of drug-likeness (QED) is 0.130. The number of rotatable bonds is 16. The molecule has 3 atom stereocenters. The van der Waals surface area contributed by atoms with Crippen molar-refractivity contribution in [2.45, 2.75) is 64.3 Å². The van der Waals surface area contributed by atoms with Crippen LogP contribution in [0.2, 0.25) is 0 Å². The number of ether oxygens (including phenoxy) is 1. The number of benzene rings is 3. The standard InChI is InChI=1S/C35H39N5O6S/c1-22(2)19-27(40-35(45)46-21-24-13-7-4-8-14-24)32(43)38-28(20-23-11-5-3-6-12-23)33(44)37-26(17-18-30(36)41)31(42)34-39-25-15-9-10-16-29(25)47-34/h3-16,22,26-28H,17-21H2,1-2H3,(H2,36,41)(H,37,44)(H,38,43)(H,40,45)/t26-,27-,28-/m0/s1. The van der Waals surface area contributed by atoms with E-state index in [0.29, 0.717) is 5.52 Å². The zero-order chi connectivity index (χ0) is 33.8. The van der Waals surface area contributed by atoms with E-state index in [-0.39, 0.29) is 43.2 Å². The van der Waals surface area contributed by atoms with Gasteiger partial charge in [0.2, 0.25) is 23.5 Å². The van der Waals surface area contributed by atoms with Crippen LogP contribution < -0.4 is 21.7 Å². The first kappa shape index (κ1) is 34.8. The van der Waals surface area contributed by atoms with Gasteiger partial charge < -0.3 is 26.4 Å². The summed E-state index contributed by atoms with van der Waals surface area (Å²) in [5.41, 5.74) is 7.58. The number of aromatic nitrogens is 1. The smallest absolute Gasteiger partial charge is 0.408 e. The number of amides is 4. The Labute approximate surface area is 277 Å². The van der Waals surface area contributed by atoms with Crippen molar-refractivity contribution in [2.24, 2.45) is 11.7 Å². The number of carbonyl (C=O) groups excluding carboxylic acids is 5. The van der Waals surface area contributed by atoms with E-state index < -0.39 is 47.7 Å². The van der Waals surface area contributed by atoms with Crippen LogP contribution in [-0.4, -0.2) is 52.7 Å². The highest BCUT2D eigenvalue weighted by Gasteiger charge is 2.32. The van der Waals surface area contributed by atoms with Crippen LogP contribution in [0, 0.1) is 5.92 Å². The summed E-state index contributed by atoms with van der Waals surface area (Å²) in [6.07, 6.45) is -0.589. The van der Waals surface area contributed by atoms with Crippen LogP contribution in [0.1, 0.15) is 54.0 Å². The van der Waals surface area contributed by atoms with Gasteiger partial charge in [-0.05, 0) is 42.0 Å². The lowest BCUT2D eigenvalue weighted by Crippen LogP contribution is -2.56. The SMILES string of the molecule is CC(C)C[C@H](NC(=O)OCc1ccccc1)C(=O)N[C@@H](Cc1ccccc1)C(=O)N[C@@H](CCC(N)=O)C(=O)c1nc2ccccc2s1. The molecule has 3 aromatic carbocycles. The summed E-state index contributed by atoms with van der Waals surface area (Å²) in [4.78, 5) is 69.9. The first-order chi connectivity index (χ1) is 22.6. The monoisotopic (exact) mass is 657 g/mol. The van der Waals surface area contributed by atoms with Gasteiger partial charge in [-0.3, -0.25) is 19.2 Å². The molecule has 0 saturated heterocycles. The number of hydrogen-bond acceptors (Lipinski definition) is 8. The molecule has 1 heterocycles. The lowest BCUT2D eigenvalue weighted by Gasteiger charge is -2.25. The minimum absolute atomic E-state index is 0.0196. The highest BCUT2D eigenvalue weighted by Crippen LogP contribution is 2.23. The molecule has 11 nitrogen and oxygen atoms in total. The number of fused-ring (bicyclic) bond motifs is 1. The van der Waals surface area contributed by atoms with Crippen LogP contribution in [0.3, 0.4) is 0 Å². The maximum absolute atomic E-state index is 13.8. The molecule has 47 heavy (non-hydrogen) atoms. The molecular weight excluding hydrogens is 618 g/mol. The van der Waals surface area contributed by atoms with Gasteiger partial charge in [-0.25, -0.2) is 9.78 Å². The number of nitrogens with one attached hydrogen (secondary N) is 3. The normalized spacial score (nSPS) is 12.9. The summed E-state index contributed by atoms with van der Waals surface area (Å²) >= 11 is 1.18. The molecule has 0 aliphatic carbocycles. The summed E-state index contributed by atoms with van der Waals surface area (Å²) in [6, 6.07) is 22.2. The fourth-order valence-corrected chi connectivity index (χ4v) is 5.86. The third kappa shape index (κ3) is 10.7. The first-order valence-electron chi connectivity index (χ1n) is 15.4. The van der Waals surface area contributed by atoms with Crippen molar-refractivity contribution in [1.82, 2.24) is 20.9 Å². The third-order valence-electron chi connectivity index (χ3n) is 7.26. The van der Waals surface area contributed by atoms with Gasteiger partial charge in [-0.1, -0.05) is 86.6 Å². The Balaban J connectivity index is 1.52. The van der Waals surface area contributed by atoms with Gasteiger partial charge in [-0.2, -0.15) is 0 Å². The summed E-state index contributed by atoms with van der Waals surface area (Å²) in [5.74, 6) is -2.30. The van der Waals surface area contributed by atoms with Crippen molar-refractivity contribution >= 4 is 51.2 Å². The lowest BCUT2D eigenvalue weighted by molar-refractivity contribution is -0.130. The lowest BCUT2D eigenvalue weighted by atomic mass is 10.0. The molecule has 246 valence electrons. The second-order valence-electron chi connectivity index (χ2n) is 11.6. The van der Waals surface area contributed by atoms with Crippen LogP contribution in [-0.2, 0) is 32.1 Å². The third-order valence-corrected chi connectivity index (χ3v) is 8.31. The number of para-hydroxylation sites is 1. The molecule has 0 bridgehead atoms. The zero-order valence-corrected chi connectivity index (χ0v) is 27.1. The molecule has 5 N–H and O–H groups in total. The topological polar surface area (TPSA) is 170 Å². The molecule has 0 saturated carbocycles. The van der Waals surface area contributed by atoms with Gasteiger partial charge in [-0.15, -0.1) is 11.3 Å². The molecule has 4 amide bonds. The summed E-state index contributed by atoms with van der Waals surface area (Å²) in [5, 5.41) is 8.34. The predicted molar refractivity (Wildman–Crippen MR) is 179 cm³/mol. The van der Waals surface area contributed by atoms with Crippen LogP contribution in [0.5, 0.6) is 0 Å². The molecule has 0 aliphatic rings. The number of primary amides is 1. The van der Waals surface area contributed by atoms with Gasteiger partial charge in [0.05, 0.1) is 16.3 Å². The Morgan fingerprint density at radius 2 is 1.36 bits per heavy atom. The second kappa shape index (κ2) is 17.0. The van der Waals surface area contributed by atoms with Crippen LogP contribution >= 0.6 is 11.3 Å². The minimum Gasteiger partial charge on any atom is -0.445 e. The Hall–Kier alpha value is -5.10. The van der Waals surface area contributed by atoms with Gasteiger partial charge in [0.1, 0.15) is 18.7 Å². The highest BCUT2D eigenvalue weighted by molar-refractivity contribution is 7.20. The molecule has 0 spiro atoms. The van der Waals surface area contributed by atoms with Crippen molar-refractivity contribution < 1.29 is 28.7 Å². The number of alkyl carbamates (subject to hydrolysis) is 1. The number of thiazole rings is 1. The number of ketones is 1. The van der Waals surface area contributed by atoms with Crippen LogP contribution in [0.4, 0.5) is 4.79 Å². The average molecular weight is 658 g/mol. The van der Waals surface area contributed by atoms with E-state index in [9.17, 15) is 24.0 Å². The number of nitrogens with two attached hydrogens (primary N) is 1. The van der Waals surface area contributed by atoms with E-state index in [1.54, 1.807) is 6.07 Å². The van der Waals surface area contributed by atoms with E-state index in [4.69, 9.17) is 10.5 Å². The highest BCUT2D eigenvalue weighted by atomic mass is 32.1. The molecular formula is C35H39N5O6S. The molecule has 12 heteroatoms. The first-order valence-corrected chi connectivity index (χ1v) is 16.2. The Morgan fingerprint density at radius 1 is 0.766 bits per heavy atom. The zero-order valence-electron chi connectivity index (χ0n) is 26.3. The largest absolute Gasteiger partial charge is 0.445 e. The van der Waals surface area contributed by atoms with Crippen molar-refractivity contribution in [3.63, 3.8) is 0 Å².